The first-order valence-electron chi connectivity index (χ1n) is 12.2. The van der Waals surface area contributed by atoms with Crippen molar-refractivity contribution in [2.24, 2.45) is 0 Å². The molecule has 0 aliphatic carbocycles. The number of benzene rings is 3. The maximum atomic E-state index is 13.2. The second-order valence-electron chi connectivity index (χ2n) is 8.99. The number of ether oxygens (including phenoxy) is 2. The number of aromatic nitrogens is 2. The highest BCUT2D eigenvalue weighted by molar-refractivity contribution is 6.10. The molecular formula is C28H28N4O3. The van der Waals surface area contributed by atoms with Crippen molar-refractivity contribution < 1.29 is 14.3 Å². The van der Waals surface area contributed by atoms with E-state index < -0.39 is 0 Å². The molecule has 7 nitrogen and oxygen atoms in total. The predicted molar refractivity (Wildman–Crippen MR) is 137 cm³/mol. The van der Waals surface area contributed by atoms with Gasteiger partial charge in [0.2, 0.25) is 0 Å². The van der Waals surface area contributed by atoms with Crippen molar-refractivity contribution in [3.05, 3.63) is 71.8 Å². The summed E-state index contributed by atoms with van der Waals surface area (Å²) in [6.07, 6.45) is 0.979. The van der Waals surface area contributed by atoms with E-state index in [9.17, 15) is 4.79 Å². The zero-order valence-electron chi connectivity index (χ0n) is 19.8. The van der Waals surface area contributed by atoms with Gasteiger partial charge in [-0.25, -0.2) is 4.98 Å². The topological polar surface area (TPSA) is 70.7 Å². The Kier molecular flexibility index (Phi) is 5.62. The van der Waals surface area contributed by atoms with Crippen LogP contribution in [0.4, 0.5) is 11.4 Å². The van der Waals surface area contributed by atoms with Gasteiger partial charge in [0, 0.05) is 35.6 Å². The number of morpholine rings is 1. The molecule has 7 heteroatoms. The Morgan fingerprint density at radius 3 is 2.60 bits per heavy atom. The van der Waals surface area contributed by atoms with E-state index in [2.05, 4.69) is 28.9 Å². The number of nitrogens with zero attached hydrogens (tertiary/aromatic N) is 3. The van der Waals surface area contributed by atoms with Gasteiger partial charge < -0.3 is 24.3 Å². The number of fused-ring (bicyclic) bond motifs is 2. The highest BCUT2D eigenvalue weighted by atomic mass is 16.5. The zero-order chi connectivity index (χ0) is 23.8. The molecule has 1 N–H and O–H groups in total. The van der Waals surface area contributed by atoms with E-state index in [1.54, 1.807) is 0 Å². The number of hydrogen-bond donors (Lipinski definition) is 1. The third-order valence-electron chi connectivity index (χ3n) is 6.65. The van der Waals surface area contributed by atoms with Gasteiger partial charge in [0.25, 0.3) is 5.91 Å². The molecule has 178 valence electrons. The second kappa shape index (κ2) is 9.07. The van der Waals surface area contributed by atoms with Gasteiger partial charge in [0.05, 0.1) is 37.4 Å². The molecule has 3 aromatic carbocycles. The summed E-state index contributed by atoms with van der Waals surface area (Å²) in [5, 5.41) is 0. The molecule has 0 saturated carbocycles. The summed E-state index contributed by atoms with van der Waals surface area (Å²) in [4.78, 5) is 25.5. The standard InChI is InChI=1S/C28H28N4O3/c1-2-13-35-23-7-3-19(4-8-23)27-29-25-10-6-22(17-26(25)30-27)32-18-20-16-21(5-9-24(20)28(32)33)31-11-14-34-15-12-31/h3-10,16-17H,2,11-15,18H2,1H3,(H,29,30). The smallest absolute Gasteiger partial charge is 0.258 e. The fraction of sp³-hybridized carbons (Fsp3) is 0.286. The van der Waals surface area contributed by atoms with Gasteiger partial charge >= 0.3 is 0 Å². The lowest BCUT2D eigenvalue weighted by Gasteiger charge is -2.29. The number of carbonyl (C=O) groups is 1. The molecule has 1 fully saturated rings. The Balaban J connectivity index is 1.24. The molecule has 1 aromatic heterocycles. The number of anilines is 2. The van der Waals surface area contributed by atoms with E-state index in [1.165, 1.54) is 0 Å². The van der Waals surface area contributed by atoms with Gasteiger partial charge in [0.1, 0.15) is 11.6 Å². The molecule has 35 heavy (non-hydrogen) atoms. The maximum absolute atomic E-state index is 13.2. The highest BCUT2D eigenvalue weighted by Gasteiger charge is 2.29. The van der Waals surface area contributed by atoms with Gasteiger partial charge in [-0.3, -0.25) is 4.79 Å². The molecule has 0 spiro atoms. The molecule has 3 heterocycles. The number of imidazole rings is 1. The number of H-pyrrole nitrogens is 1. The Morgan fingerprint density at radius 2 is 1.80 bits per heavy atom. The van der Waals surface area contributed by atoms with E-state index in [0.717, 1.165) is 83.4 Å². The molecule has 2 aliphatic heterocycles. The van der Waals surface area contributed by atoms with Crippen molar-refractivity contribution in [2.45, 2.75) is 19.9 Å². The van der Waals surface area contributed by atoms with Gasteiger partial charge in [-0.05, 0) is 72.6 Å². The lowest BCUT2D eigenvalue weighted by Crippen LogP contribution is -2.36. The van der Waals surface area contributed by atoms with Gasteiger partial charge in [-0.2, -0.15) is 0 Å². The summed E-state index contributed by atoms with van der Waals surface area (Å²) in [6.45, 7) is 6.61. The molecule has 4 aromatic rings. The normalized spacial score (nSPS) is 15.6. The fourth-order valence-electron chi connectivity index (χ4n) is 4.77. The van der Waals surface area contributed by atoms with Crippen LogP contribution in [0.2, 0.25) is 0 Å². The summed E-state index contributed by atoms with van der Waals surface area (Å²) < 4.78 is 11.2. The van der Waals surface area contributed by atoms with E-state index in [4.69, 9.17) is 14.5 Å². The minimum atomic E-state index is 0.0373. The van der Waals surface area contributed by atoms with Crippen LogP contribution < -0.4 is 14.5 Å². The summed E-state index contributed by atoms with van der Waals surface area (Å²) in [5.74, 6) is 1.69. The van der Waals surface area contributed by atoms with Crippen LogP contribution in [0.5, 0.6) is 5.75 Å². The Bertz CT molecular complexity index is 1370. The quantitative estimate of drug-likeness (QED) is 0.431. The van der Waals surface area contributed by atoms with E-state index in [1.807, 2.05) is 53.4 Å². The Hall–Kier alpha value is -3.84. The summed E-state index contributed by atoms with van der Waals surface area (Å²) >= 11 is 0. The molecule has 6 rings (SSSR count). The molecule has 0 radical (unpaired) electrons. The van der Waals surface area contributed by atoms with Crippen molar-refractivity contribution in [1.29, 1.82) is 0 Å². The first-order chi connectivity index (χ1) is 17.2. The third-order valence-corrected chi connectivity index (χ3v) is 6.65. The van der Waals surface area contributed by atoms with Crippen LogP contribution in [0.15, 0.2) is 60.7 Å². The fourth-order valence-corrected chi connectivity index (χ4v) is 4.77. The van der Waals surface area contributed by atoms with Gasteiger partial charge in [0.15, 0.2) is 0 Å². The van der Waals surface area contributed by atoms with Crippen LogP contribution in [0.3, 0.4) is 0 Å². The number of hydrogen-bond acceptors (Lipinski definition) is 5. The SMILES string of the molecule is CCCOc1ccc(-c2nc3ccc(N4Cc5cc(N6CCOCC6)ccc5C4=O)cc3[nH]2)cc1. The number of nitrogens with one attached hydrogen (secondary N) is 1. The molecule has 0 bridgehead atoms. The minimum Gasteiger partial charge on any atom is -0.494 e. The largest absolute Gasteiger partial charge is 0.494 e. The highest BCUT2D eigenvalue weighted by Crippen LogP contribution is 2.33. The van der Waals surface area contributed by atoms with Crippen LogP contribution in [-0.2, 0) is 11.3 Å². The van der Waals surface area contributed by atoms with Crippen LogP contribution in [-0.4, -0.2) is 48.8 Å². The summed E-state index contributed by atoms with van der Waals surface area (Å²) in [5.41, 5.74) is 6.63. The molecule has 1 amide bonds. The second-order valence-corrected chi connectivity index (χ2v) is 8.99. The number of amides is 1. The number of aromatic amines is 1. The number of rotatable bonds is 6. The molecule has 0 atom stereocenters. The van der Waals surface area contributed by atoms with Crippen molar-refractivity contribution in [3.63, 3.8) is 0 Å². The van der Waals surface area contributed by atoms with Crippen molar-refractivity contribution in [3.8, 4) is 17.1 Å². The summed E-state index contributed by atoms with van der Waals surface area (Å²) in [7, 11) is 0. The van der Waals surface area contributed by atoms with Crippen molar-refractivity contribution in [2.75, 3.05) is 42.7 Å². The van der Waals surface area contributed by atoms with E-state index >= 15 is 0 Å². The first kappa shape index (κ1) is 21.7. The van der Waals surface area contributed by atoms with Crippen LogP contribution in [0, 0.1) is 0 Å². The van der Waals surface area contributed by atoms with Gasteiger partial charge in [-0.15, -0.1) is 0 Å². The van der Waals surface area contributed by atoms with E-state index in [0.29, 0.717) is 13.2 Å². The Labute approximate surface area is 204 Å². The lowest BCUT2D eigenvalue weighted by molar-refractivity contribution is 0.0996. The Morgan fingerprint density at radius 1 is 1.00 bits per heavy atom. The zero-order valence-corrected chi connectivity index (χ0v) is 19.8. The lowest BCUT2D eigenvalue weighted by atomic mass is 10.1. The maximum Gasteiger partial charge on any atom is 0.258 e. The molecule has 0 unspecified atom stereocenters. The average molecular weight is 469 g/mol. The van der Waals surface area contributed by atoms with Crippen LogP contribution in [0.25, 0.3) is 22.4 Å². The van der Waals surface area contributed by atoms with Crippen LogP contribution in [0.1, 0.15) is 29.3 Å². The minimum absolute atomic E-state index is 0.0373. The predicted octanol–water partition coefficient (Wildman–Crippen LogP) is 5.02. The molecular weight excluding hydrogens is 440 g/mol. The monoisotopic (exact) mass is 468 g/mol. The van der Waals surface area contributed by atoms with Crippen molar-refractivity contribution >= 4 is 28.3 Å². The molecule has 2 aliphatic rings. The average Bonchev–Trinajstić information content (AvgIpc) is 3.48. The van der Waals surface area contributed by atoms with Gasteiger partial charge in [-0.1, -0.05) is 6.92 Å². The molecule has 1 saturated heterocycles. The summed E-state index contributed by atoms with van der Waals surface area (Å²) in [6, 6.07) is 20.1. The van der Waals surface area contributed by atoms with Crippen LogP contribution >= 0.6 is 0 Å². The first-order valence-corrected chi connectivity index (χ1v) is 12.2. The van der Waals surface area contributed by atoms with E-state index in [-0.39, 0.29) is 5.91 Å². The number of carbonyl (C=O) groups excluding carboxylic acids is 1. The third kappa shape index (κ3) is 4.12. The van der Waals surface area contributed by atoms with Crippen molar-refractivity contribution in [1.82, 2.24) is 9.97 Å².